The van der Waals surface area contributed by atoms with E-state index in [1.165, 1.54) is 0 Å². The molecule has 29 heavy (non-hydrogen) atoms. The largest absolute Gasteiger partial charge is 0.481 e. The molecule has 1 saturated heterocycles. The van der Waals surface area contributed by atoms with Gasteiger partial charge < -0.3 is 37.2 Å². The topological polar surface area (TPSA) is 205 Å². The number of carboxylic acids is 2. The van der Waals surface area contributed by atoms with E-state index >= 15 is 0 Å². The quantitative estimate of drug-likeness (QED) is 0.187. The fraction of sp³-hybridized carbons (Fsp3) is 0.706. The summed E-state index contributed by atoms with van der Waals surface area (Å²) in [4.78, 5) is 59.9. The Balaban J connectivity index is 2.62. The monoisotopic (exact) mass is 415 g/mol. The van der Waals surface area contributed by atoms with Gasteiger partial charge in [-0.1, -0.05) is 6.42 Å². The fourth-order valence-electron chi connectivity index (χ4n) is 3.01. The van der Waals surface area contributed by atoms with E-state index < -0.39 is 60.8 Å². The lowest BCUT2D eigenvalue weighted by molar-refractivity contribution is -0.148. The minimum atomic E-state index is -1.41. The third kappa shape index (κ3) is 8.03. The zero-order valence-corrected chi connectivity index (χ0v) is 16.1. The first kappa shape index (κ1) is 24.3. The zero-order valence-electron chi connectivity index (χ0n) is 16.1. The molecule has 3 unspecified atom stereocenters. The van der Waals surface area contributed by atoms with E-state index in [1.807, 2.05) is 0 Å². The van der Waals surface area contributed by atoms with Gasteiger partial charge in [-0.3, -0.25) is 19.2 Å². The van der Waals surface area contributed by atoms with Gasteiger partial charge in [0.25, 0.3) is 0 Å². The summed E-state index contributed by atoms with van der Waals surface area (Å²) in [5.74, 6) is -4.59. The Hall–Kier alpha value is -2.73. The van der Waals surface area contributed by atoms with Crippen molar-refractivity contribution >= 4 is 29.7 Å². The number of rotatable bonds is 12. The third-order valence-electron chi connectivity index (χ3n) is 4.59. The summed E-state index contributed by atoms with van der Waals surface area (Å²) in [7, 11) is 0. The van der Waals surface area contributed by atoms with Crippen molar-refractivity contribution in [2.24, 2.45) is 11.5 Å². The molecule has 0 saturated carbocycles. The molecule has 1 fully saturated rings. The van der Waals surface area contributed by atoms with Crippen LogP contribution in [0.1, 0.15) is 38.5 Å². The second-order valence-corrected chi connectivity index (χ2v) is 6.85. The minimum absolute atomic E-state index is 0.263. The van der Waals surface area contributed by atoms with Gasteiger partial charge in [-0.05, 0) is 32.2 Å². The van der Waals surface area contributed by atoms with Crippen LogP contribution < -0.4 is 22.1 Å². The van der Waals surface area contributed by atoms with E-state index in [4.69, 9.17) is 21.7 Å². The van der Waals surface area contributed by atoms with Crippen LogP contribution in [-0.2, 0) is 24.0 Å². The molecule has 8 N–H and O–H groups in total. The number of likely N-dealkylation sites (tertiary alicyclic amines) is 1. The van der Waals surface area contributed by atoms with E-state index in [0.29, 0.717) is 38.6 Å². The number of carbonyl (C=O) groups is 5. The van der Waals surface area contributed by atoms with E-state index in [9.17, 15) is 24.0 Å². The molecule has 0 aromatic heterocycles. The second-order valence-electron chi connectivity index (χ2n) is 6.85. The average Bonchev–Trinajstić information content (AvgIpc) is 3.15. The number of nitrogens with one attached hydrogen (secondary N) is 2. The molecule has 1 aliphatic rings. The standard InChI is InChI=1S/C17H29N5O7/c18-6-2-1-4-10(19)15(26)21-11(8-14(24)25)16(27)20-9-13(23)22-7-3-5-12(22)17(28)29/h10-12H,1-9,18-19H2,(H,20,27)(H,21,26)(H,24,25)(H,28,29). The van der Waals surface area contributed by atoms with E-state index in [0.717, 1.165) is 4.90 Å². The van der Waals surface area contributed by atoms with Crippen LogP contribution in [-0.4, -0.2) is 82.5 Å². The molecule has 0 bridgehead atoms. The summed E-state index contributed by atoms with van der Waals surface area (Å²) in [6, 6.07) is -3.28. The Labute approximate surface area is 168 Å². The van der Waals surface area contributed by atoms with Crippen molar-refractivity contribution in [3.8, 4) is 0 Å². The number of hydrogen-bond donors (Lipinski definition) is 6. The molecule has 0 radical (unpaired) electrons. The molecule has 0 aromatic rings. The smallest absolute Gasteiger partial charge is 0.326 e. The molecule has 164 valence electrons. The van der Waals surface area contributed by atoms with Crippen LogP contribution in [0.2, 0.25) is 0 Å². The summed E-state index contributed by atoms with van der Waals surface area (Å²) in [6.07, 6.45) is 1.79. The molecule has 12 heteroatoms. The van der Waals surface area contributed by atoms with Gasteiger partial charge in [-0.15, -0.1) is 0 Å². The molecule has 1 rings (SSSR count). The van der Waals surface area contributed by atoms with E-state index in [2.05, 4.69) is 10.6 Å². The Morgan fingerprint density at radius 1 is 1.10 bits per heavy atom. The number of carboxylic acid groups (broad SMARTS) is 2. The Morgan fingerprint density at radius 3 is 2.38 bits per heavy atom. The number of unbranched alkanes of at least 4 members (excludes halogenated alkanes) is 1. The zero-order chi connectivity index (χ0) is 22.0. The molecular formula is C17H29N5O7. The number of amides is 3. The first-order valence-electron chi connectivity index (χ1n) is 9.45. The van der Waals surface area contributed by atoms with Gasteiger partial charge in [0.05, 0.1) is 19.0 Å². The molecule has 0 aliphatic carbocycles. The lowest BCUT2D eigenvalue weighted by atomic mass is 10.1. The van der Waals surface area contributed by atoms with Crippen molar-refractivity contribution in [2.45, 2.75) is 56.7 Å². The van der Waals surface area contributed by atoms with Crippen molar-refractivity contribution in [3.05, 3.63) is 0 Å². The predicted octanol–water partition coefficient (Wildman–Crippen LogP) is -2.41. The van der Waals surface area contributed by atoms with Gasteiger partial charge in [-0.2, -0.15) is 0 Å². The molecule has 1 heterocycles. The maximum atomic E-state index is 12.3. The molecule has 1 aliphatic heterocycles. The fourth-order valence-corrected chi connectivity index (χ4v) is 3.01. The number of nitrogens with zero attached hydrogens (tertiary/aromatic N) is 1. The van der Waals surface area contributed by atoms with Gasteiger partial charge in [0.1, 0.15) is 12.1 Å². The van der Waals surface area contributed by atoms with Crippen LogP contribution in [0.4, 0.5) is 0 Å². The van der Waals surface area contributed by atoms with Crippen LogP contribution in [0, 0.1) is 0 Å². The molecule has 3 amide bonds. The van der Waals surface area contributed by atoms with Crippen LogP contribution in [0.5, 0.6) is 0 Å². The van der Waals surface area contributed by atoms with Crippen molar-refractivity contribution < 1.29 is 34.2 Å². The normalized spacial score (nSPS) is 18.0. The van der Waals surface area contributed by atoms with Gasteiger partial charge in [0.2, 0.25) is 17.7 Å². The van der Waals surface area contributed by atoms with Crippen LogP contribution >= 0.6 is 0 Å². The molecule has 0 aromatic carbocycles. The number of carbonyl (C=O) groups excluding carboxylic acids is 3. The van der Waals surface area contributed by atoms with E-state index in [-0.39, 0.29) is 6.54 Å². The highest BCUT2D eigenvalue weighted by molar-refractivity contribution is 5.94. The number of aliphatic carboxylic acids is 2. The summed E-state index contributed by atoms with van der Waals surface area (Å²) in [5, 5.41) is 22.6. The van der Waals surface area contributed by atoms with Gasteiger partial charge in [0, 0.05) is 6.54 Å². The van der Waals surface area contributed by atoms with Crippen molar-refractivity contribution in [1.82, 2.24) is 15.5 Å². The van der Waals surface area contributed by atoms with Gasteiger partial charge in [0.15, 0.2) is 0 Å². The summed E-state index contributed by atoms with van der Waals surface area (Å²) in [6.45, 7) is 0.210. The van der Waals surface area contributed by atoms with Crippen molar-refractivity contribution in [3.63, 3.8) is 0 Å². The van der Waals surface area contributed by atoms with Crippen LogP contribution in [0.15, 0.2) is 0 Å². The third-order valence-corrected chi connectivity index (χ3v) is 4.59. The minimum Gasteiger partial charge on any atom is -0.481 e. The van der Waals surface area contributed by atoms with Gasteiger partial charge in [-0.25, -0.2) is 4.79 Å². The lowest BCUT2D eigenvalue weighted by Crippen LogP contribution is -2.54. The molecule has 3 atom stereocenters. The highest BCUT2D eigenvalue weighted by Crippen LogP contribution is 2.17. The SMILES string of the molecule is NCCCCC(N)C(=O)NC(CC(=O)O)C(=O)NCC(=O)N1CCCC1C(=O)O. The Bertz CT molecular complexity index is 627. The highest BCUT2D eigenvalue weighted by atomic mass is 16.4. The van der Waals surface area contributed by atoms with Crippen molar-refractivity contribution in [2.75, 3.05) is 19.6 Å². The van der Waals surface area contributed by atoms with Crippen LogP contribution in [0.3, 0.4) is 0 Å². The molecule has 12 nitrogen and oxygen atoms in total. The Morgan fingerprint density at radius 2 is 1.79 bits per heavy atom. The first-order valence-corrected chi connectivity index (χ1v) is 9.45. The molecular weight excluding hydrogens is 386 g/mol. The van der Waals surface area contributed by atoms with Crippen LogP contribution in [0.25, 0.3) is 0 Å². The van der Waals surface area contributed by atoms with E-state index in [1.54, 1.807) is 0 Å². The summed E-state index contributed by atoms with van der Waals surface area (Å²) >= 11 is 0. The number of hydrogen-bond acceptors (Lipinski definition) is 7. The first-order chi connectivity index (χ1) is 13.7. The Kier molecular flexibility index (Phi) is 10.0. The maximum absolute atomic E-state index is 12.3. The van der Waals surface area contributed by atoms with Crippen molar-refractivity contribution in [1.29, 1.82) is 0 Å². The lowest BCUT2D eigenvalue weighted by Gasteiger charge is -2.23. The highest BCUT2D eigenvalue weighted by Gasteiger charge is 2.34. The summed E-state index contributed by atoms with van der Waals surface area (Å²) < 4.78 is 0. The predicted molar refractivity (Wildman–Crippen MR) is 100 cm³/mol. The molecule has 0 spiro atoms. The van der Waals surface area contributed by atoms with Gasteiger partial charge >= 0.3 is 11.9 Å². The second kappa shape index (κ2) is 12.0. The number of nitrogens with two attached hydrogens (primary N) is 2. The average molecular weight is 415 g/mol. The maximum Gasteiger partial charge on any atom is 0.326 e. The summed E-state index contributed by atoms with van der Waals surface area (Å²) in [5.41, 5.74) is 11.1.